The van der Waals surface area contributed by atoms with E-state index in [1.165, 1.54) is 0 Å². The number of hydrogen-bond acceptors (Lipinski definition) is 4. The Morgan fingerprint density at radius 1 is 1.15 bits per heavy atom. The number of alkyl halides is 3. The third-order valence-electron chi connectivity index (χ3n) is 2.42. The lowest BCUT2D eigenvalue weighted by atomic mass is 10.2. The molecule has 5 nitrogen and oxygen atoms in total. The minimum absolute atomic E-state index is 0.151. The Balaban J connectivity index is 2.64. The number of halogens is 3. The summed E-state index contributed by atoms with van der Waals surface area (Å²) in [5, 5.41) is 11.2. The van der Waals surface area contributed by atoms with Crippen LogP contribution in [0.25, 0.3) is 11.4 Å². The van der Waals surface area contributed by atoms with Gasteiger partial charge in [-0.05, 0) is 6.07 Å². The highest BCUT2D eigenvalue weighted by molar-refractivity contribution is 5.95. The SMILES string of the molecule is NC(=NO)c1cc(C(F)(F)F)nc(-c2ccccc2)n1. The number of hydrogen-bond donors (Lipinski definition) is 2. The maximum absolute atomic E-state index is 12.8. The molecule has 3 N–H and O–H groups in total. The van der Waals surface area contributed by atoms with Crippen LogP contribution in [0, 0.1) is 0 Å². The van der Waals surface area contributed by atoms with Gasteiger partial charge in [-0.15, -0.1) is 0 Å². The van der Waals surface area contributed by atoms with Gasteiger partial charge in [-0.1, -0.05) is 35.5 Å². The van der Waals surface area contributed by atoms with E-state index in [1.807, 2.05) is 0 Å². The quantitative estimate of drug-likeness (QED) is 0.383. The molecule has 0 saturated carbocycles. The minimum atomic E-state index is -4.66. The molecular weight excluding hydrogens is 273 g/mol. The Bertz CT molecular complexity index is 641. The first kappa shape index (κ1) is 13.8. The smallest absolute Gasteiger partial charge is 0.409 e. The van der Waals surface area contributed by atoms with Gasteiger partial charge < -0.3 is 10.9 Å². The van der Waals surface area contributed by atoms with Crippen molar-refractivity contribution in [2.45, 2.75) is 6.18 Å². The van der Waals surface area contributed by atoms with Crippen molar-refractivity contribution in [3.8, 4) is 11.4 Å². The van der Waals surface area contributed by atoms with Crippen molar-refractivity contribution >= 4 is 5.84 Å². The molecule has 1 aromatic carbocycles. The Hall–Kier alpha value is -2.64. The number of oxime groups is 1. The summed E-state index contributed by atoms with van der Waals surface area (Å²) >= 11 is 0. The number of benzene rings is 1. The van der Waals surface area contributed by atoms with E-state index in [0.29, 0.717) is 11.6 Å². The summed E-state index contributed by atoms with van der Waals surface area (Å²) in [5.74, 6) is -0.669. The van der Waals surface area contributed by atoms with Gasteiger partial charge in [0.2, 0.25) is 0 Å². The summed E-state index contributed by atoms with van der Waals surface area (Å²) in [6, 6.07) is 8.74. The van der Waals surface area contributed by atoms with Gasteiger partial charge in [-0.3, -0.25) is 0 Å². The van der Waals surface area contributed by atoms with Crippen molar-refractivity contribution in [2.24, 2.45) is 10.9 Å². The monoisotopic (exact) mass is 282 g/mol. The van der Waals surface area contributed by atoms with Crippen molar-refractivity contribution in [3.63, 3.8) is 0 Å². The van der Waals surface area contributed by atoms with E-state index in [1.54, 1.807) is 30.3 Å². The molecule has 0 bridgehead atoms. The van der Waals surface area contributed by atoms with Crippen LogP contribution in [0.15, 0.2) is 41.6 Å². The van der Waals surface area contributed by atoms with Gasteiger partial charge in [-0.25, -0.2) is 9.97 Å². The standard InChI is InChI=1S/C12H9F3N4O/c13-12(14,15)9-6-8(10(16)19-20)17-11(18-9)7-4-2-1-3-5-7/h1-6,20H,(H2,16,19). The second-order valence-corrected chi connectivity index (χ2v) is 3.81. The molecule has 1 aromatic heterocycles. The molecule has 0 fully saturated rings. The molecule has 0 aliphatic heterocycles. The summed E-state index contributed by atoms with van der Waals surface area (Å²) in [5.41, 5.74) is 4.23. The van der Waals surface area contributed by atoms with Crippen molar-refractivity contribution in [1.82, 2.24) is 9.97 Å². The Morgan fingerprint density at radius 3 is 2.35 bits per heavy atom. The number of nitrogens with zero attached hydrogens (tertiary/aromatic N) is 3. The summed E-state index contributed by atoms with van der Waals surface area (Å²) in [4.78, 5) is 7.32. The first-order valence-electron chi connectivity index (χ1n) is 5.41. The lowest BCUT2D eigenvalue weighted by molar-refractivity contribution is -0.141. The molecule has 0 saturated heterocycles. The third kappa shape index (κ3) is 2.85. The molecule has 2 rings (SSSR count). The van der Waals surface area contributed by atoms with Gasteiger partial charge in [0.1, 0.15) is 11.4 Å². The zero-order valence-corrected chi connectivity index (χ0v) is 9.96. The van der Waals surface area contributed by atoms with Gasteiger partial charge in [0, 0.05) is 5.56 Å². The maximum atomic E-state index is 12.8. The molecule has 0 aliphatic rings. The number of rotatable bonds is 2. The molecule has 104 valence electrons. The Kier molecular flexibility index (Phi) is 3.55. The second kappa shape index (κ2) is 5.16. The van der Waals surface area contributed by atoms with Crippen molar-refractivity contribution in [2.75, 3.05) is 0 Å². The fourth-order valence-corrected chi connectivity index (χ4v) is 1.49. The van der Waals surface area contributed by atoms with Crippen LogP contribution >= 0.6 is 0 Å². The fraction of sp³-hybridized carbons (Fsp3) is 0.0833. The molecular formula is C12H9F3N4O. The number of amidine groups is 1. The van der Waals surface area contributed by atoms with Crippen molar-refractivity contribution in [3.05, 3.63) is 47.8 Å². The van der Waals surface area contributed by atoms with E-state index < -0.39 is 17.7 Å². The molecule has 0 unspecified atom stereocenters. The largest absolute Gasteiger partial charge is 0.433 e. The lowest BCUT2D eigenvalue weighted by Crippen LogP contribution is -2.19. The van der Waals surface area contributed by atoms with Gasteiger partial charge >= 0.3 is 6.18 Å². The highest BCUT2D eigenvalue weighted by atomic mass is 19.4. The molecule has 8 heteroatoms. The summed E-state index contributed by atoms with van der Waals surface area (Å²) in [6.45, 7) is 0. The van der Waals surface area contributed by atoms with Crippen molar-refractivity contribution < 1.29 is 18.4 Å². The highest BCUT2D eigenvalue weighted by Gasteiger charge is 2.34. The zero-order valence-electron chi connectivity index (χ0n) is 9.96. The number of aromatic nitrogens is 2. The predicted molar refractivity (Wildman–Crippen MR) is 65.0 cm³/mol. The molecule has 0 aliphatic carbocycles. The van der Waals surface area contributed by atoms with Gasteiger partial charge in [0.15, 0.2) is 11.7 Å². The van der Waals surface area contributed by atoms with Gasteiger partial charge in [0.05, 0.1) is 0 Å². The van der Waals surface area contributed by atoms with E-state index in [0.717, 1.165) is 0 Å². The van der Waals surface area contributed by atoms with E-state index in [9.17, 15) is 13.2 Å². The second-order valence-electron chi connectivity index (χ2n) is 3.81. The summed E-state index contributed by atoms with van der Waals surface area (Å²) < 4.78 is 38.4. The molecule has 0 spiro atoms. The maximum Gasteiger partial charge on any atom is 0.433 e. The van der Waals surface area contributed by atoms with Crippen LogP contribution in [0.1, 0.15) is 11.4 Å². The molecule has 0 atom stereocenters. The lowest BCUT2D eigenvalue weighted by Gasteiger charge is -2.09. The van der Waals surface area contributed by atoms with Gasteiger partial charge in [0.25, 0.3) is 0 Å². The van der Waals surface area contributed by atoms with Crippen molar-refractivity contribution in [1.29, 1.82) is 0 Å². The van der Waals surface area contributed by atoms with Crippen LogP contribution in [0.5, 0.6) is 0 Å². The Labute approximate surface area is 111 Å². The predicted octanol–water partition coefficient (Wildman–Crippen LogP) is 2.26. The molecule has 0 radical (unpaired) electrons. The van der Waals surface area contributed by atoms with Crippen LogP contribution in [0.3, 0.4) is 0 Å². The summed E-state index contributed by atoms with van der Waals surface area (Å²) in [6.07, 6.45) is -4.66. The molecule has 1 heterocycles. The fourth-order valence-electron chi connectivity index (χ4n) is 1.49. The van der Waals surface area contributed by atoms with Crippen LogP contribution in [0.2, 0.25) is 0 Å². The molecule has 20 heavy (non-hydrogen) atoms. The normalized spacial score (nSPS) is 12.4. The van der Waals surface area contributed by atoms with Crippen LogP contribution in [-0.4, -0.2) is 21.0 Å². The average molecular weight is 282 g/mol. The third-order valence-corrected chi connectivity index (χ3v) is 2.42. The van der Waals surface area contributed by atoms with Crippen LogP contribution in [0.4, 0.5) is 13.2 Å². The first-order valence-corrected chi connectivity index (χ1v) is 5.41. The minimum Gasteiger partial charge on any atom is -0.409 e. The molecule has 2 aromatic rings. The van der Waals surface area contributed by atoms with E-state index in [2.05, 4.69) is 15.1 Å². The van der Waals surface area contributed by atoms with E-state index in [-0.39, 0.29) is 11.5 Å². The van der Waals surface area contributed by atoms with E-state index in [4.69, 9.17) is 10.9 Å². The van der Waals surface area contributed by atoms with Crippen LogP contribution < -0.4 is 5.73 Å². The average Bonchev–Trinajstić information content (AvgIpc) is 2.46. The first-order chi connectivity index (χ1) is 9.41. The van der Waals surface area contributed by atoms with Crippen LogP contribution in [-0.2, 0) is 6.18 Å². The highest BCUT2D eigenvalue weighted by Crippen LogP contribution is 2.29. The Morgan fingerprint density at radius 2 is 1.80 bits per heavy atom. The summed E-state index contributed by atoms with van der Waals surface area (Å²) in [7, 11) is 0. The number of nitrogens with two attached hydrogens (primary N) is 1. The van der Waals surface area contributed by atoms with E-state index >= 15 is 0 Å². The molecule has 0 amide bonds. The topological polar surface area (TPSA) is 84.4 Å². The zero-order chi connectivity index (χ0) is 14.8. The van der Waals surface area contributed by atoms with Gasteiger partial charge in [-0.2, -0.15) is 13.2 Å².